The summed E-state index contributed by atoms with van der Waals surface area (Å²) in [5.74, 6) is -0.538. The zero-order valence-corrected chi connectivity index (χ0v) is 74.2. The molecule has 8 aliphatic heterocycles. The molecule has 18 rings (SSSR count). The lowest BCUT2D eigenvalue weighted by Crippen LogP contribution is -2.54. The number of alkyl halides is 2. The number of carbonyl (C=O) groups excluding carboxylic acids is 8. The molecule has 4 aromatic heterocycles. The van der Waals surface area contributed by atoms with Crippen molar-refractivity contribution in [2.75, 3.05) is 86.0 Å². The Kier molecular flexibility index (Phi) is 26.5. The quantitative estimate of drug-likeness (QED) is 0.0366. The average molecular weight is 1790 g/mol. The van der Waals surface area contributed by atoms with Crippen LogP contribution in [-0.4, -0.2) is 222 Å². The first-order chi connectivity index (χ1) is 61.6. The first kappa shape index (κ1) is 89.1. The molecular weight excluding hydrogens is 1690 g/mol. The van der Waals surface area contributed by atoms with Gasteiger partial charge in [0.15, 0.2) is 34.7 Å². The van der Waals surface area contributed by atoms with Gasteiger partial charge >= 0.3 is 0 Å². The molecule has 128 heavy (non-hydrogen) atoms. The van der Waals surface area contributed by atoms with Crippen molar-refractivity contribution >= 4 is 127 Å². The molecule has 8 aromatic rings. The maximum absolute atomic E-state index is 15.9. The Morgan fingerprint density at radius 3 is 1.27 bits per heavy atom. The second-order valence-corrected chi connectivity index (χ2v) is 36.8. The van der Waals surface area contributed by atoms with Gasteiger partial charge < -0.3 is 58.3 Å². The van der Waals surface area contributed by atoms with Crippen LogP contribution in [0, 0.1) is 0 Å². The summed E-state index contributed by atoms with van der Waals surface area (Å²) in [4.78, 5) is 156. The topological polar surface area (TPSA) is 337 Å². The van der Waals surface area contributed by atoms with Crippen LogP contribution in [0.25, 0.3) is 21.8 Å². The van der Waals surface area contributed by atoms with E-state index >= 15 is 8.78 Å². The smallest absolute Gasteiger partial charge is 0.293 e. The highest BCUT2D eigenvalue weighted by atomic mass is 35.5. The summed E-state index contributed by atoms with van der Waals surface area (Å²) in [6.45, 7) is 16.6. The molecule has 2 unspecified atom stereocenters. The fourth-order valence-corrected chi connectivity index (χ4v) is 20.0. The van der Waals surface area contributed by atoms with E-state index in [0.717, 1.165) is 109 Å². The first-order valence-corrected chi connectivity index (χ1v) is 45.8. The van der Waals surface area contributed by atoms with Crippen molar-refractivity contribution in [3.8, 4) is 11.5 Å². The van der Waals surface area contributed by atoms with E-state index in [1.807, 2.05) is 100 Å². The second-order valence-electron chi connectivity index (χ2n) is 36.0. The number of imide groups is 2. The van der Waals surface area contributed by atoms with E-state index < -0.39 is 36.2 Å². The second kappa shape index (κ2) is 38.0. The van der Waals surface area contributed by atoms with E-state index in [1.165, 1.54) is 9.80 Å². The molecule has 0 spiro atoms. The third kappa shape index (κ3) is 19.0. The number of nitrogens with zero attached hydrogens (tertiary/aromatic N) is 12. The number of halogens is 4. The number of carbonyl (C=O) groups is 8. The molecule has 0 radical (unpaired) electrons. The Bertz CT molecular complexity index is 5430. The van der Waals surface area contributed by atoms with E-state index in [9.17, 15) is 47.9 Å². The van der Waals surface area contributed by atoms with Gasteiger partial charge in [-0.3, -0.25) is 68.4 Å². The standard InChI is InChI=1S/2C47H54ClFN8O7/c2*1-4-32(58)25-63-41-19-29-17-30(7-8-39(29)57(26(2)3)46(41)62)51-43-37(48)22-50-47(53-43)54-14-11-33(12-15-54)64-34-20-31(21-34)55-16-13-35(38(49)24-55)27-5-6-28-23-56(45(61)36(28)18-27)40-9-10-42(59)52-44(40)60/h2*5-8,17-19,22,26,31,33-35,38,40H,4,9-16,20-21,23-25H2,1-3H3,(H,50,51,53)(H,52,59,60)/t2*31?,34?,35-,38-,40?/m10/s1. The Hall–Kier alpha value is -10.9. The van der Waals surface area contributed by atoms with Gasteiger partial charge in [-0.05, 0) is 201 Å². The van der Waals surface area contributed by atoms with Crippen LogP contribution in [0.3, 0.4) is 0 Å². The molecule has 676 valence electrons. The van der Waals surface area contributed by atoms with Crippen LogP contribution >= 0.6 is 23.2 Å². The molecule has 30 nitrogen and oxygen atoms in total. The number of fused-ring (bicyclic) bond motifs is 4. The summed E-state index contributed by atoms with van der Waals surface area (Å²) in [7, 11) is 0. The van der Waals surface area contributed by atoms with Crippen molar-refractivity contribution in [2.45, 2.75) is 242 Å². The van der Waals surface area contributed by atoms with Gasteiger partial charge in [0, 0.05) is 147 Å². The molecule has 10 aliphatic rings. The first-order valence-electron chi connectivity index (χ1n) is 45.0. The minimum absolute atomic E-state index is 0.0915. The average Bonchev–Trinajstić information content (AvgIpc) is 1.23. The van der Waals surface area contributed by atoms with Gasteiger partial charge in [-0.2, -0.15) is 9.97 Å². The predicted molar refractivity (Wildman–Crippen MR) is 478 cm³/mol. The molecule has 6 atom stereocenters. The fraction of sp³-hybridized carbons (Fsp3) is 0.511. The van der Waals surface area contributed by atoms with Gasteiger partial charge in [0.25, 0.3) is 22.9 Å². The number of ether oxygens (including phenoxy) is 4. The van der Waals surface area contributed by atoms with Crippen LogP contribution in [0.1, 0.15) is 211 Å². The number of pyridine rings is 2. The molecule has 12 heterocycles. The van der Waals surface area contributed by atoms with Crippen LogP contribution in [0.5, 0.6) is 11.5 Å². The van der Waals surface area contributed by atoms with Crippen molar-refractivity contribution in [1.82, 2.24) is 59.3 Å². The van der Waals surface area contributed by atoms with E-state index in [0.29, 0.717) is 147 Å². The lowest BCUT2D eigenvalue weighted by atomic mass is 9.82. The summed E-state index contributed by atoms with van der Waals surface area (Å²) >= 11 is 13.2. The molecule has 0 bridgehead atoms. The Morgan fingerprint density at radius 1 is 0.500 bits per heavy atom. The molecule has 2 saturated carbocycles. The lowest BCUT2D eigenvalue weighted by Gasteiger charge is -2.47. The normalized spacial score (nSPS) is 24.2. The highest BCUT2D eigenvalue weighted by molar-refractivity contribution is 6.33. The summed E-state index contributed by atoms with van der Waals surface area (Å²) in [6.07, 6.45) is 11.2. The third-order valence-electron chi connectivity index (χ3n) is 27.1. The van der Waals surface area contributed by atoms with Crippen molar-refractivity contribution in [2.24, 2.45) is 0 Å². The molecule has 2 aliphatic carbocycles. The summed E-state index contributed by atoms with van der Waals surface area (Å²) in [6, 6.07) is 24.8. The molecule has 6 amide bonds. The van der Waals surface area contributed by atoms with Gasteiger partial charge in [0.05, 0.1) is 47.8 Å². The van der Waals surface area contributed by atoms with Gasteiger partial charge in [-0.1, -0.05) is 61.3 Å². The molecule has 4 aromatic carbocycles. The number of ketones is 2. The number of amides is 6. The maximum atomic E-state index is 15.9. The number of likely N-dealkylation sites (tertiary alicyclic amines) is 2. The molecule has 34 heteroatoms. The minimum atomic E-state index is -1.07. The number of hydrogen-bond acceptors (Lipinski definition) is 24. The predicted octanol–water partition coefficient (Wildman–Crippen LogP) is 12.5. The lowest BCUT2D eigenvalue weighted by molar-refractivity contribution is -0.138. The Balaban J connectivity index is 0.000000180. The van der Waals surface area contributed by atoms with Crippen molar-refractivity contribution in [1.29, 1.82) is 0 Å². The number of nitrogens with one attached hydrogen (secondary N) is 4. The van der Waals surface area contributed by atoms with E-state index in [-0.39, 0.29) is 144 Å². The van der Waals surface area contributed by atoms with Crippen LogP contribution in [0.4, 0.5) is 43.7 Å². The molecule has 4 N–H and O–H groups in total. The summed E-state index contributed by atoms with van der Waals surface area (Å²) < 4.78 is 59.5. The van der Waals surface area contributed by atoms with Crippen molar-refractivity contribution in [3.05, 3.63) is 161 Å². The highest BCUT2D eigenvalue weighted by Gasteiger charge is 2.46. The Labute approximate surface area is 749 Å². The number of Topliss-reactive ketones (excluding diaryl/α,β-unsaturated/α-hetero) is 2. The SMILES string of the molecule is CCC(=O)COc1cc2cc(Nc3nc(N4CCC(OC5CC(N6CC[C@@H](c7ccc8c(c7)C(=O)N(C7CCC(=O)NC7=O)C8)[C@@H](F)C6)C5)CC4)ncc3Cl)ccc2n(C(C)C)c1=O.CCC(=O)COc1cc2cc(Nc3nc(N4CCC(OC5CC(N6CC[C@H](c7ccc8c(c7)C(=O)N(C7CCC(=O)NC7=O)C8)[C@H](F)C6)C5)CC4)ncc3Cl)ccc2n(C(C)C)c1=O. The fourth-order valence-electron chi connectivity index (χ4n) is 19.7. The number of piperidine rings is 6. The third-order valence-corrected chi connectivity index (χ3v) is 27.6. The zero-order valence-electron chi connectivity index (χ0n) is 72.7. The van der Waals surface area contributed by atoms with Crippen LogP contribution in [-0.2, 0) is 51.3 Å². The van der Waals surface area contributed by atoms with Gasteiger partial charge in [-0.25, -0.2) is 18.7 Å². The van der Waals surface area contributed by atoms with E-state index in [2.05, 4.69) is 50.8 Å². The zero-order chi connectivity index (χ0) is 89.6. The van der Waals surface area contributed by atoms with Crippen molar-refractivity contribution in [3.63, 3.8) is 0 Å². The summed E-state index contributed by atoms with van der Waals surface area (Å²) in [5.41, 5.74) is 6.63. The number of rotatable bonds is 26. The van der Waals surface area contributed by atoms with Crippen LogP contribution < -0.4 is 51.7 Å². The van der Waals surface area contributed by atoms with E-state index in [1.54, 1.807) is 47.5 Å². The number of aromatic nitrogens is 6. The Morgan fingerprint density at radius 2 is 0.898 bits per heavy atom. The molecule has 6 saturated heterocycles. The minimum Gasteiger partial charge on any atom is -0.480 e. The number of anilines is 6. The largest absolute Gasteiger partial charge is 0.480 e. The summed E-state index contributed by atoms with van der Waals surface area (Å²) in [5, 5.41) is 13.6. The van der Waals surface area contributed by atoms with Crippen LogP contribution in [0.15, 0.2) is 107 Å². The van der Waals surface area contributed by atoms with Gasteiger partial charge in [-0.15, -0.1) is 0 Å². The highest BCUT2D eigenvalue weighted by Crippen LogP contribution is 2.43. The van der Waals surface area contributed by atoms with Gasteiger partial charge in [0.1, 0.15) is 47.7 Å². The number of hydrogen-bond donors (Lipinski definition) is 4. The van der Waals surface area contributed by atoms with Crippen molar-refractivity contribution < 1.29 is 66.1 Å². The van der Waals surface area contributed by atoms with Gasteiger partial charge in [0.2, 0.25) is 35.5 Å². The van der Waals surface area contributed by atoms with Crippen LogP contribution in [0.2, 0.25) is 10.0 Å². The maximum Gasteiger partial charge on any atom is 0.293 e. The van der Waals surface area contributed by atoms with E-state index in [4.69, 9.17) is 52.1 Å². The molecular formula is C94H108Cl2F2N16O14. The molecule has 8 fully saturated rings. The monoisotopic (exact) mass is 1790 g/mol. The number of benzene rings is 4.